The van der Waals surface area contributed by atoms with Gasteiger partial charge in [-0.05, 0) is 18.6 Å². The van der Waals surface area contributed by atoms with Gasteiger partial charge in [0.2, 0.25) is 5.79 Å². The maximum Gasteiger partial charge on any atom is 0.307 e. The van der Waals surface area contributed by atoms with Gasteiger partial charge in [-0.15, -0.1) is 0 Å². The van der Waals surface area contributed by atoms with Crippen molar-refractivity contribution in [3.05, 3.63) is 28.3 Å². The summed E-state index contributed by atoms with van der Waals surface area (Å²) in [6.45, 7) is 0.939. The number of rotatable bonds is 2. The van der Waals surface area contributed by atoms with Crippen molar-refractivity contribution in [1.29, 1.82) is 0 Å². The third-order valence-electron chi connectivity index (χ3n) is 3.56. The molecule has 1 N–H and O–H groups in total. The molecule has 1 aliphatic heterocycles. The molecule has 1 aromatic rings. The largest absolute Gasteiger partial charge is 0.481 e. The van der Waals surface area contributed by atoms with Crippen molar-refractivity contribution in [3.63, 3.8) is 0 Å². The van der Waals surface area contributed by atoms with Crippen LogP contribution in [0.2, 0.25) is 5.02 Å². The highest BCUT2D eigenvalue weighted by atomic mass is 35.5. The molecular weight excluding hydrogens is 295 g/mol. The molecule has 0 bridgehead atoms. The Morgan fingerprint density at radius 1 is 1.50 bits per heavy atom. The van der Waals surface area contributed by atoms with Crippen LogP contribution >= 0.6 is 11.6 Å². The molecule has 0 aliphatic carbocycles. The van der Waals surface area contributed by atoms with Gasteiger partial charge < -0.3 is 10.0 Å². The number of aliphatic carboxylic acids is 1. The summed E-state index contributed by atoms with van der Waals surface area (Å²) in [5.41, 5.74) is 0.165. The van der Waals surface area contributed by atoms with E-state index >= 15 is 0 Å². The van der Waals surface area contributed by atoms with E-state index < -0.39 is 24.1 Å². The molecule has 0 spiro atoms. The zero-order chi connectivity index (χ0) is 15.2. The summed E-state index contributed by atoms with van der Waals surface area (Å²) in [4.78, 5) is 11.6. The Kier molecular flexibility index (Phi) is 3.62. The van der Waals surface area contributed by atoms with Gasteiger partial charge in [0.15, 0.2) is 12.3 Å². The minimum absolute atomic E-state index is 0.000301. The minimum atomic E-state index is -2.52. The Hall–Kier alpha value is -1.43. The lowest BCUT2D eigenvalue weighted by molar-refractivity contribution is -0.136. The number of hydrogen-bond acceptors (Lipinski definition) is 2. The Bertz CT molecular complexity index is 565. The lowest BCUT2D eigenvalue weighted by Crippen LogP contribution is -2.53. The van der Waals surface area contributed by atoms with Crippen LogP contribution < -0.4 is 4.90 Å². The van der Waals surface area contributed by atoms with Crippen LogP contribution in [0, 0.1) is 0 Å². The summed E-state index contributed by atoms with van der Waals surface area (Å²) < 4.78 is 42.2. The first kappa shape index (κ1) is 15.0. The Balaban J connectivity index is 2.59. The van der Waals surface area contributed by atoms with Gasteiger partial charge >= 0.3 is 5.97 Å². The van der Waals surface area contributed by atoms with E-state index in [1.165, 1.54) is 19.2 Å². The minimum Gasteiger partial charge on any atom is -0.481 e. The van der Waals surface area contributed by atoms with E-state index in [1.807, 2.05) is 0 Å². The lowest BCUT2D eigenvalue weighted by atomic mass is 9.90. The van der Waals surface area contributed by atoms with Crippen LogP contribution in [0.1, 0.15) is 24.2 Å². The fourth-order valence-electron chi connectivity index (χ4n) is 2.35. The molecule has 0 amide bonds. The molecule has 3 atom stereocenters. The number of anilines is 1. The molecule has 1 aliphatic rings. The van der Waals surface area contributed by atoms with Crippen LogP contribution in [0.25, 0.3) is 0 Å². The molecule has 7 heteroatoms. The summed E-state index contributed by atoms with van der Waals surface area (Å²) in [6, 6.07) is 2.55. The monoisotopic (exact) mass is 307 g/mol. The van der Waals surface area contributed by atoms with E-state index in [1.54, 1.807) is 0 Å². The summed E-state index contributed by atoms with van der Waals surface area (Å²) in [5, 5.41) is 8.73. The van der Waals surface area contributed by atoms with E-state index in [4.69, 9.17) is 16.7 Å². The number of carboxylic acids is 1. The number of benzene rings is 1. The van der Waals surface area contributed by atoms with E-state index in [0.29, 0.717) is 0 Å². The normalized spacial score (nSPS) is 29.2. The fourth-order valence-corrected chi connectivity index (χ4v) is 2.72. The highest BCUT2D eigenvalue weighted by Gasteiger charge is 2.50. The Morgan fingerprint density at radius 2 is 2.10 bits per heavy atom. The van der Waals surface area contributed by atoms with Crippen molar-refractivity contribution >= 4 is 23.3 Å². The average Bonchev–Trinajstić information content (AvgIpc) is 2.33. The first-order chi connectivity index (χ1) is 9.16. The van der Waals surface area contributed by atoms with Crippen molar-refractivity contribution in [2.24, 2.45) is 0 Å². The van der Waals surface area contributed by atoms with Crippen LogP contribution in [-0.2, 0) is 11.2 Å². The average molecular weight is 308 g/mol. The highest BCUT2D eigenvalue weighted by Crippen LogP contribution is 2.49. The first-order valence-electron chi connectivity index (χ1n) is 5.91. The number of nitrogens with zero attached hydrogens (tertiary/aromatic N) is 1. The zero-order valence-electron chi connectivity index (χ0n) is 10.8. The molecule has 1 aromatic carbocycles. The van der Waals surface area contributed by atoms with Crippen LogP contribution in [-0.4, -0.2) is 30.1 Å². The summed E-state index contributed by atoms with van der Waals surface area (Å²) >= 11 is 5.98. The predicted octanol–water partition coefficient (Wildman–Crippen LogP) is 3.45. The Labute approximate surface area is 118 Å². The SMILES string of the molecule is CN1c2c(Cl)cc(CC(=O)O)cc2C(F)C(F)C1(C)F. The van der Waals surface area contributed by atoms with Crippen LogP contribution in [0.5, 0.6) is 0 Å². The second kappa shape index (κ2) is 4.84. The highest BCUT2D eigenvalue weighted by molar-refractivity contribution is 6.33. The maximum atomic E-state index is 14.2. The molecule has 0 aromatic heterocycles. The zero-order valence-corrected chi connectivity index (χ0v) is 11.6. The molecule has 3 unspecified atom stereocenters. The lowest BCUT2D eigenvalue weighted by Gasteiger charge is -2.43. The van der Waals surface area contributed by atoms with Crippen molar-refractivity contribution in [3.8, 4) is 0 Å². The standard InChI is InChI=1S/C13H13ClF3NO2/c1-13(17)12(16)10(15)7-3-6(5-9(19)20)4-8(14)11(7)18(13)2/h3-4,10,12H,5H2,1-2H3,(H,19,20). The molecular formula is C13H13ClF3NO2. The predicted molar refractivity (Wildman–Crippen MR) is 69.5 cm³/mol. The molecule has 0 saturated carbocycles. The smallest absolute Gasteiger partial charge is 0.307 e. The van der Waals surface area contributed by atoms with Crippen molar-refractivity contribution < 1.29 is 23.1 Å². The molecule has 0 radical (unpaired) electrons. The van der Waals surface area contributed by atoms with Crippen LogP contribution in [0.15, 0.2) is 12.1 Å². The molecule has 0 fully saturated rings. The number of halogens is 4. The van der Waals surface area contributed by atoms with Gasteiger partial charge in [0.25, 0.3) is 0 Å². The van der Waals surface area contributed by atoms with E-state index in [0.717, 1.165) is 11.8 Å². The molecule has 110 valence electrons. The van der Waals surface area contributed by atoms with E-state index in [2.05, 4.69) is 0 Å². The molecule has 20 heavy (non-hydrogen) atoms. The number of fused-ring (bicyclic) bond motifs is 1. The summed E-state index contributed by atoms with van der Waals surface area (Å²) in [7, 11) is 1.28. The second-order valence-corrected chi connectivity index (χ2v) is 5.38. The second-order valence-electron chi connectivity index (χ2n) is 4.97. The molecule has 3 nitrogen and oxygen atoms in total. The van der Waals surface area contributed by atoms with Crippen LogP contribution in [0.4, 0.5) is 18.9 Å². The summed E-state index contributed by atoms with van der Waals surface area (Å²) in [5.74, 6) is -3.64. The Morgan fingerprint density at radius 3 is 2.65 bits per heavy atom. The van der Waals surface area contributed by atoms with Gasteiger partial charge in [0.1, 0.15) is 0 Å². The quantitative estimate of drug-likeness (QED) is 0.851. The fraction of sp³-hybridized carbons (Fsp3) is 0.462. The van der Waals surface area contributed by atoms with Crippen molar-refractivity contribution in [2.75, 3.05) is 11.9 Å². The topological polar surface area (TPSA) is 40.5 Å². The summed E-state index contributed by atoms with van der Waals surface area (Å²) in [6.07, 6.45) is -4.94. The molecule has 2 rings (SSSR count). The van der Waals surface area contributed by atoms with Crippen molar-refractivity contribution in [1.82, 2.24) is 0 Å². The number of alkyl halides is 3. The number of hydrogen-bond donors (Lipinski definition) is 1. The van der Waals surface area contributed by atoms with Gasteiger partial charge in [-0.2, -0.15) is 0 Å². The van der Waals surface area contributed by atoms with E-state index in [-0.39, 0.29) is 28.3 Å². The molecule has 0 saturated heterocycles. The molecule has 1 heterocycles. The van der Waals surface area contributed by atoms with Gasteiger partial charge in [-0.1, -0.05) is 17.7 Å². The maximum absolute atomic E-state index is 14.2. The van der Waals surface area contributed by atoms with Crippen molar-refractivity contribution in [2.45, 2.75) is 31.5 Å². The number of carbonyl (C=O) groups is 1. The van der Waals surface area contributed by atoms with E-state index in [9.17, 15) is 18.0 Å². The third-order valence-corrected chi connectivity index (χ3v) is 3.84. The third kappa shape index (κ3) is 2.22. The van der Waals surface area contributed by atoms with Gasteiger partial charge in [-0.25, -0.2) is 13.2 Å². The number of carboxylic acid groups (broad SMARTS) is 1. The first-order valence-corrected chi connectivity index (χ1v) is 6.29. The van der Waals surface area contributed by atoms with Gasteiger partial charge in [0.05, 0.1) is 17.1 Å². The van der Waals surface area contributed by atoms with Gasteiger partial charge in [0, 0.05) is 12.6 Å². The van der Waals surface area contributed by atoms with Crippen LogP contribution in [0.3, 0.4) is 0 Å². The van der Waals surface area contributed by atoms with Gasteiger partial charge in [-0.3, -0.25) is 4.79 Å².